The summed E-state index contributed by atoms with van der Waals surface area (Å²) >= 11 is 5.81. The molecule has 1 aromatic rings. The number of carbonyl (C=O) groups excluding carboxylic acids is 1. The standard InChI is InChI=1S/C13H16ClF3N2O/c1-2-6-18-11-4-3-9(14)8-10(11)12(20)19-7-5-13(15,16)17/h3-4,8,18H,2,5-7H2,1H3,(H,19,20). The molecule has 0 atom stereocenters. The fraction of sp³-hybridized carbons (Fsp3) is 0.462. The second kappa shape index (κ2) is 7.38. The minimum Gasteiger partial charge on any atom is -0.384 e. The highest BCUT2D eigenvalue weighted by molar-refractivity contribution is 6.31. The van der Waals surface area contributed by atoms with Crippen LogP contribution in [0.4, 0.5) is 18.9 Å². The lowest BCUT2D eigenvalue weighted by Crippen LogP contribution is -2.28. The van der Waals surface area contributed by atoms with Crippen LogP contribution in [0.2, 0.25) is 5.02 Å². The van der Waals surface area contributed by atoms with Crippen molar-refractivity contribution < 1.29 is 18.0 Å². The SMILES string of the molecule is CCCNc1ccc(Cl)cc1C(=O)NCCC(F)(F)F. The van der Waals surface area contributed by atoms with Crippen molar-refractivity contribution in [2.45, 2.75) is 25.9 Å². The molecular formula is C13H16ClF3N2O. The van der Waals surface area contributed by atoms with Gasteiger partial charge in [0.1, 0.15) is 0 Å². The summed E-state index contributed by atoms with van der Waals surface area (Å²) in [6.07, 6.45) is -4.49. The molecule has 2 N–H and O–H groups in total. The van der Waals surface area contributed by atoms with Gasteiger partial charge in [-0.05, 0) is 24.6 Å². The molecule has 1 amide bonds. The van der Waals surface area contributed by atoms with Crippen LogP contribution in [-0.2, 0) is 0 Å². The number of anilines is 1. The van der Waals surface area contributed by atoms with Crippen LogP contribution >= 0.6 is 11.6 Å². The third-order valence-corrected chi connectivity index (χ3v) is 2.72. The Hall–Kier alpha value is -1.43. The second-order valence-corrected chi connectivity index (χ2v) is 4.67. The van der Waals surface area contributed by atoms with Gasteiger partial charge in [-0.3, -0.25) is 4.79 Å². The summed E-state index contributed by atoms with van der Waals surface area (Å²) in [5.41, 5.74) is 0.800. The van der Waals surface area contributed by atoms with Crippen molar-refractivity contribution in [3.05, 3.63) is 28.8 Å². The molecule has 0 heterocycles. The first-order chi connectivity index (χ1) is 9.33. The van der Waals surface area contributed by atoms with Crippen molar-refractivity contribution in [2.24, 2.45) is 0 Å². The zero-order chi connectivity index (χ0) is 15.2. The monoisotopic (exact) mass is 308 g/mol. The van der Waals surface area contributed by atoms with Gasteiger partial charge < -0.3 is 10.6 Å². The highest BCUT2D eigenvalue weighted by Crippen LogP contribution is 2.21. The van der Waals surface area contributed by atoms with Crippen LogP contribution in [0, 0.1) is 0 Å². The number of hydrogen-bond donors (Lipinski definition) is 2. The number of halogens is 4. The van der Waals surface area contributed by atoms with Crippen LogP contribution in [0.3, 0.4) is 0 Å². The highest BCUT2D eigenvalue weighted by atomic mass is 35.5. The number of benzene rings is 1. The Kier molecular flexibility index (Phi) is 6.13. The van der Waals surface area contributed by atoms with Gasteiger partial charge in [-0.2, -0.15) is 13.2 Å². The van der Waals surface area contributed by atoms with Crippen LogP contribution < -0.4 is 10.6 Å². The van der Waals surface area contributed by atoms with E-state index in [1.54, 1.807) is 12.1 Å². The predicted molar refractivity (Wildman–Crippen MR) is 73.2 cm³/mol. The molecule has 0 spiro atoms. The average molecular weight is 309 g/mol. The fourth-order valence-electron chi connectivity index (χ4n) is 1.53. The van der Waals surface area contributed by atoms with E-state index >= 15 is 0 Å². The maximum absolute atomic E-state index is 12.0. The normalized spacial score (nSPS) is 11.2. The lowest BCUT2D eigenvalue weighted by Gasteiger charge is -2.13. The topological polar surface area (TPSA) is 41.1 Å². The summed E-state index contributed by atoms with van der Waals surface area (Å²) < 4.78 is 36.1. The molecule has 0 aliphatic rings. The van der Waals surface area contributed by atoms with Gasteiger partial charge in [0.15, 0.2) is 0 Å². The number of carbonyl (C=O) groups is 1. The highest BCUT2D eigenvalue weighted by Gasteiger charge is 2.26. The van der Waals surface area contributed by atoms with Crippen molar-refractivity contribution in [2.75, 3.05) is 18.4 Å². The minimum absolute atomic E-state index is 0.244. The first-order valence-electron chi connectivity index (χ1n) is 6.22. The van der Waals surface area contributed by atoms with E-state index in [2.05, 4.69) is 10.6 Å². The molecule has 3 nitrogen and oxygen atoms in total. The average Bonchev–Trinajstić information content (AvgIpc) is 2.35. The lowest BCUT2D eigenvalue weighted by molar-refractivity contribution is -0.132. The number of alkyl halides is 3. The maximum atomic E-state index is 12.0. The molecule has 0 saturated heterocycles. The van der Waals surface area contributed by atoms with E-state index in [0.717, 1.165) is 6.42 Å². The molecule has 0 unspecified atom stereocenters. The molecule has 112 valence electrons. The van der Waals surface area contributed by atoms with E-state index < -0.39 is 25.0 Å². The van der Waals surface area contributed by atoms with Crippen molar-refractivity contribution in [1.29, 1.82) is 0 Å². The molecular weight excluding hydrogens is 293 g/mol. The quantitative estimate of drug-likeness (QED) is 0.838. The molecule has 1 rings (SSSR count). The predicted octanol–water partition coefficient (Wildman–Crippen LogP) is 3.84. The Morgan fingerprint density at radius 3 is 2.60 bits per heavy atom. The van der Waals surface area contributed by atoms with Gasteiger partial charge in [0.2, 0.25) is 0 Å². The van der Waals surface area contributed by atoms with E-state index in [1.165, 1.54) is 6.07 Å². The van der Waals surface area contributed by atoms with Gasteiger partial charge in [-0.15, -0.1) is 0 Å². The summed E-state index contributed by atoms with van der Waals surface area (Å²) in [5.74, 6) is -0.574. The van der Waals surface area contributed by atoms with E-state index in [0.29, 0.717) is 17.3 Å². The summed E-state index contributed by atoms with van der Waals surface area (Å²) in [7, 11) is 0. The number of rotatable bonds is 6. The summed E-state index contributed by atoms with van der Waals surface area (Å²) in [5, 5.41) is 5.63. The van der Waals surface area contributed by atoms with Crippen molar-refractivity contribution in [3.8, 4) is 0 Å². The number of hydrogen-bond acceptors (Lipinski definition) is 2. The van der Waals surface area contributed by atoms with Gasteiger partial charge in [-0.25, -0.2) is 0 Å². The van der Waals surface area contributed by atoms with Crippen molar-refractivity contribution in [1.82, 2.24) is 5.32 Å². The first-order valence-corrected chi connectivity index (χ1v) is 6.59. The Morgan fingerprint density at radius 1 is 1.30 bits per heavy atom. The van der Waals surface area contributed by atoms with Crippen molar-refractivity contribution >= 4 is 23.2 Å². The minimum atomic E-state index is -4.29. The lowest BCUT2D eigenvalue weighted by atomic mass is 10.1. The Labute approximate surface area is 120 Å². The van der Waals surface area contributed by atoms with E-state index in [4.69, 9.17) is 11.6 Å². The van der Waals surface area contributed by atoms with Crippen LogP contribution in [0.15, 0.2) is 18.2 Å². The Morgan fingerprint density at radius 2 is 2.00 bits per heavy atom. The van der Waals surface area contributed by atoms with Crippen LogP contribution in [0.1, 0.15) is 30.1 Å². The molecule has 0 fully saturated rings. The zero-order valence-electron chi connectivity index (χ0n) is 11.0. The largest absolute Gasteiger partial charge is 0.390 e. The second-order valence-electron chi connectivity index (χ2n) is 4.24. The van der Waals surface area contributed by atoms with Gasteiger partial charge in [0, 0.05) is 23.8 Å². The smallest absolute Gasteiger partial charge is 0.384 e. The molecule has 7 heteroatoms. The molecule has 1 aromatic carbocycles. The van der Waals surface area contributed by atoms with Gasteiger partial charge in [0.05, 0.1) is 12.0 Å². The Balaban J connectivity index is 2.72. The number of nitrogens with one attached hydrogen (secondary N) is 2. The molecule has 0 radical (unpaired) electrons. The molecule has 20 heavy (non-hydrogen) atoms. The summed E-state index contributed by atoms with van der Waals surface area (Å²) in [4.78, 5) is 11.9. The zero-order valence-corrected chi connectivity index (χ0v) is 11.7. The third-order valence-electron chi connectivity index (χ3n) is 2.49. The first kappa shape index (κ1) is 16.6. The molecule has 0 aromatic heterocycles. The number of amides is 1. The van der Waals surface area contributed by atoms with Crippen LogP contribution in [0.25, 0.3) is 0 Å². The van der Waals surface area contributed by atoms with E-state index in [9.17, 15) is 18.0 Å². The summed E-state index contributed by atoms with van der Waals surface area (Å²) in [6, 6.07) is 4.69. The van der Waals surface area contributed by atoms with Gasteiger partial charge in [0.25, 0.3) is 5.91 Å². The Bertz CT molecular complexity index is 463. The van der Waals surface area contributed by atoms with E-state index in [-0.39, 0.29) is 5.56 Å². The van der Waals surface area contributed by atoms with Crippen molar-refractivity contribution in [3.63, 3.8) is 0 Å². The summed E-state index contributed by atoms with van der Waals surface area (Å²) in [6.45, 7) is 2.17. The fourth-order valence-corrected chi connectivity index (χ4v) is 1.70. The van der Waals surface area contributed by atoms with Crippen LogP contribution in [0.5, 0.6) is 0 Å². The molecule has 0 bridgehead atoms. The third kappa shape index (κ3) is 5.69. The molecule has 0 aliphatic carbocycles. The van der Waals surface area contributed by atoms with E-state index in [1.807, 2.05) is 6.92 Å². The maximum Gasteiger partial charge on any atom is 0.390 e. The molecule has 0 aliphatic heterocycles. The van der Waals surface area contributed by atoms with Crippen LogP contribution in [-0.4, -0.2) is 25.2 Å². The molecule has 0 saturated carbocycles. The van der Waals surface area contributed by atoms with Gasteiger partial charge in [-0.1, -0.05) is 18.5 Å². The van der Waals surface area contributed by atoms with Gasteiger partial charge >= 0.3 is 6.18 Å².